The maximum absolute atomic E-state index is 6.33. The van der Waals surface area contributed by atoms with Gasteiger partial charge in [0.2, 0.25) is 0 Å². The van der Waals surface area contributed by atoms with Crippen molar-refractivity contribution >= 4 is 0 Å². The molecule has 0 radical (unpaired) electrons. The topological polar surface area (TPSA) is 42.1 Å². The maximum Gasteiger partial charge on any atom is 0.0543 e. The number of hydrogen-bond acceptors (Lipinski definition) is 3. The van der Waals surface area contributed by atoms with Crippen LogP contribution in [0.15, 0.2) is 42.6 Å². The number of hydrogen-bond donors (Lipinski definition) is 1. The zero-order valence-electron chi connectivity index (χ0n) is 13.2. The lowest BCUT2D eigenvalue weighted by Gasteiger charge is -2.20. The summed E-state index contributed by atoms with van der Waals surface area (Å²) in [6.45, 7) is 6.07. The van der Waals surface area contributed by atoms with Crippen LogP contribution in [0.2, 0.25) is 0 Å². The van der Waals surface area contributed by atoms with E-state index in [4.69, 9.17) is 5.73 Å². The Morgan fingerprint density at radius 3 is 2.48 bits per heavy atom. The van der Waals surface area contributed by atoms with Crippen molar-refractivity contribution in [3.05, 3.63) is 65.0 Å². The van der Waals surface area contributed by atoms with Crippen LogP contribution in [0.5, 0.6) is 0 Å². The monoisotopic (exact) mass is 283 g/mol. The first-order chi connectivity index (χ1) is 10.0. The van der Waals surface area contributed by atoms with Gasteiger partial charge in [-0.05, 0) is 45.0 Å². The molecule has 1 heterocycles. The predicted octanol–water partition coefficient (Wildman–Crippen LogP) is 3.22. The van der Waals surface area contributed by atoms with Crippen LogP contribution in [0.4, 0.5) is 0 Å². The van der Waals surface area contributed by atoms with Crippen molar-refractivity contribution in [2.45, 2.75) is 32.9 Å². The van der Waals surface area contributed by atoms with Gasteiger partial charge in [0.05, 0.1) is 5.69 Å². The second kappa shape index (κ2) is 7.34. The van der Waals surface area contributed by atoms with E-state index in [9.17, 15) is 0 Å². The van der Waals surface area contributed by atoms with Crippen molar-refractivity contribution in [3.8, 4) is 0 Å². The molecule has 112 valence electrons. The molecule has 0 aliphatic rings. The fourth-order valence-electron chi connectivity index (χ4n) is 2.60. The Balaban J connectivity index is 1.87. The SMILES string of the molecule is Cc1cc(C)cc(C(N)CCN(C)Cc2ccccn2)c1. The van der Waals surface area contributed by atoms with E-state index in [-0.39, 0.29) is 6.04 Å². The molecule has 1 unspecified atom stereocenters. The zero-order valence-corrected chi connectivity index (χ0v) is 13.2. The van der Waals surface area contributed by atoms with Gasteiger partial charge in [-0.2, -0.15) is 0 Å². The lowest BCUT2D eigenvalue weighted by atomic mass is 10.00. The van der Waals surface area contributed by atoms with E-state index in [2.05, 4.69) is 55.0 Å². The molecule has 21 heavy (non-hydrogen) atoms. The number of pyridine rings is 1. The van der Waals surface area contributed by atoms with E-state index >= 15 is 0 Å². The first kappa shape index (κ1) is 15.7. The van der Waals surface area contributed by atoms with Gasteiger partial charge in [-0.25, -0.2) is 0 Å². The highest BCUT2D eigenvalue weighted by molar-refractivity contribution is 5.30. The zero-order chi connectivity index (χ0) is 15.2. The van der Waals surface area contributed by atoms with E-state index in [1.807, 2.05) is 18.3 Å². The van der Waals surface area contributed by atoms with Crippen LogP contribution in [-0.4, -0.2) is 23.5 Å². The van der Waals surface area contributed by atoms with E-state index in [1.54, 1.807) is 0 Å². The van der Waals surface area contributed by atoms with Gasteiger partial charge < -0.3 is 10.6 Å². The highest BCUT2D eigenvalue weighted by atomic mass is 15.1. The van der Waals surface area contributed by atoms with Gasteiger partial charge in [0.15, 0.2) is 0 Å². The van der Waals surface area contributed by atoms with Crippen molar-refractivity contribution in [1.29, 1.82) is 0 Å². The average molecular weight is 283 g/mol. The summed E-state index contributed by atoms with van der Waals surface area (Å²) in [5, 5.41) is 0. The summed E-state index contributed by atoms with van der Waals surface area (Å²) in [4.78, 5) is 6.62. The summed E-state index contributed by atoms with van der Waals surface area (Å²) in [6.07, 6.45) is 2.79. The Morgan fingerprint density at radius 2 is 1.86 bits per heavy atom. The molecule has 1 atom stereocenters. The van der Waals surface area contributed by atoms with Gasteiger partial charge in [-0.1, -0.05) is 35.4 Å². The molecule has 3 heteroatoms. The Labute approximate surface area is 127 Å². The molecule has 0 spiro atoms. The van der Waals surface area contributed by atoms with Crippen molar-refractivity contribution in [3.63, 3.8) is 0 Å². The van der Waals surface area contributed by atoms with Gasteiger partial charge in [0.1, 0.15) is 0 Å². The maximum atomic E-state index is 6.33. The quantitative estimate of drug-likeness (QED) is 0.885. The number of aromatic nitrogens is 1. The molecular weight excluding hydrogens is 258 g/mol. The van der Waals surface area contributed by atoms with Gasteiger partial charge in [0.25, 0.3) is 0 Å². The Kier molecular flexibility index (Phi) is 5.48. The van der Waals surface area contributed by atoms with Crippen LogP contribution in [0.1, 0.15) is 34.8 Å². The first-order valence-electron chi connectivity index (χ1n) is 7.47. The number of nitrogens with zero attached hydrogens (tertiary/aromatic N) is 2. The van der Waals surface area contributed by atoms with Crippen molar-refractivity contribution in [2.75, 3.05) is 13.6 Å². The highest BCUT2D eigenvalue weighted by Crippen LogP contribution is 2.18. The lowest BCUT2D eigenvalue weighted by molar-refractivity contribution is 0.308. The van der Waals surface area contributed by atoms with Gasteiger partial charge in [-0.15, -0.1) is 0 Å². The number of benzene rings is 1. The molecule has 2 aromatic rings. The van der Waals surface area contributed by atoms with E-state index in [1.165, 1.54) is 16.7 Å². The van der Waals surface area contributed by atoms with Crippen LogP contribution < -0.4 is 5.73 Å². The summed E-state index contributed by atoms with van der Waals surface area (Å²) in [7, 11) is 2.11. The minimum atomic E-state index is 0.0924. The van der Waals surface area contributed by atoms with Crippen LogP contribution in [0.3, 0.4) is 0 Å². The molecule has 0 bridgehead atoms. The summed E-state index contributed by atoms with van der Waals surface area (Å²) >= 11 is 0. The average Bonchev–Trinajstić information content (AvgIpc) is 2.45. The molecule has 2 rings (SSSR count). The first-order valence-corrected chi connectivity index (χ1v) is 7.47. The fraction of sp³-hybridized carbons (Fsp3) is 0.389. The lowest BCUT2D eigenvalue weighted by Crippen LogP contribution is -2.24. The largest absolute Gasteiger partial charge is 0.324 e. The minimum Gasteiger partial charge on any atom is -0.324 e. The Morgan fingerprint density at radius 1 is 1.14 bits per heavy atom. The van der Waals surface area contributed by atoms with E-state index in [0.717, 1.165) is 25.2 Å². The Bertz CT molecular complexity index is 546. The van der Waals surface area contributed by atoms with Gasteiger partial charge in [0, 0.05) is 25.3 Å². The summed E-state index contributed by atoms with van der Waals surface area (Å²) < 4.78 is 0. The molecule has 2 N–H and O–H groups in total. The normalized spacial score (nSPS) is 12.6. The van der Waals surface area contributed by atoms with Crippen molar-refractivity contribution in [2.24, 2.45) is 5.73 Å². The second-order valence-electron chi connectivity index (χ2n) is 5.88. The van der Waals surface area contributed by atoms with E-state index < -0.39 is 0 Å². The van der Waals surface area contributed by atoms with Crippen molar-refractivity contribution in [1.82, 2.24) is 9.88 Å². The third-order valence-corrected chi connectivity index (χ3v) is 3.65. The predicted molar refractivity (Wildman–Crippen MR) is 88.0 cm³/mol. The van der Waals surface area contributed by atoms with Crippen LogP contribution in [-0.2, 0) is 6.54 Å². The molecule has 0 saturated heterocycles. The highest BCUT2D eigenvalue weighted by Gasteiger charge is 2.09. The number of rotatable bonds is 6. The molecule has 1 aromatic carbocycles. The van der Waals surface area contributed by atoms with Crippen LogP contribution in [0.25, 0.3) is 0 Å². The molecular formula is C18H25N3. The van der Waals surface area contributed by atoms with Gasteiger partial charge >= 0.3 is 0 Å². The molecule has 0 fully saturated rings. The molecule has 3 nitrogen and oxygen atoms in total. The van der Waals surface area contributed by atoms with Crippen molar-refractivity contribution < 1.29 is 0 Å². The summed E-state index contributed by atoms with van der Waals surface area (Å²) in [5.41, 5.74) is 11.2. The standard InChI is InChI=1S/C18H25N3/c1-14-10-15(2)12-16(11-14)18(19)7-9-21(3)13-17-6-4-5-8-20-17/h4-6,8,10-12,18H,7,9,13,19H2,1-3H3. The van der Waals surface area contributed by atoms with Crippen LogP contribution >= 0.6 is 0 Å². The molecule has 0 aliphatic carbocycles. The summed E-state index contributed by atoms with van der Waals surface area (Å²) in [5.74, 6) is 0. The van der Waals surface area contributed by atoms with Crippen LogP contribution in [0, 0.1) is 13.8 Å². The molecule has 0 saturated carbocycles. The number of aryl methyl sites for hydroxylation is 2. The minimum absolute atomic E-state index is 0.0924. The number of nitrogens with two attached hydrogens (primary N) is 1. The second-order valence-corrected chi connectivity index (χ2v) is 5.88. The summed E-state index contributed by atoms with van der Waals surface area (Å²) in [6, 6.07) is 12.7. The smallest absolute Gasteiger partial charge is 0.0543 e. The molecule has 1 aromatic heterocycles. The Hall–Kier alpha value is -1.71. The van der Waals surface area contributed by atoms with Gasteiger partial charge in [-0.3, -0.25) is 4.98 Å². The third kappa shape index (κ3) is 4.96. The molecule has 0 amide bonds. The fourth-order valence-corrected chi connectivity index (χ4v) is 2.60. The third-order valence-electron chi connectivity index (χ3n) is 3.65. The van der Waals surface area contributed by atoms with E-state index in [0.29, 0.717) is 0 Å². The molecule has 0 aliphatic heterocycles.